The summed E-state index contributed by atoms with van der Waals surface area (Å²) in [5.74, 6) is 0.399. The molecule has 3 atom stereocenters. The largest absolute Gasteiger partial charge is 0.469 e. The SMILES string of the molecule is CN1C(=O)[C@@]2(c3cc(Cl)ccc31)N(C)C[C@@H](c1ccco1)[C@@]21SC(=S)N(Cc2ccco2)C1=O. The maximum atomic E-state index is 14.5. The molecule has 2 aromatic heterocycles. The van der Waals surface area contributed by atoms with Gasteiger partial charge in [-0.05, 0) is 49.5 Å². The molecule has 2 saturated heterocycles. The first-order valence-electron chi connectivity index (χ1n) is 10.7. The number of thioether (sulfide) groups is 1. The molecule has 3 aliphatic heterocycles. The number of nitrogens with zero attached hydrogens (tertiary/aromatic N) is 3. The van der Waals surface area contributed by atoms with Crippen LogP contribution in [0.25, 0.3) is 0 Å². The highest BCUT2D eigenvalue weighted by atomic mass is 35.5. The number of anilines is 1. The summed E-state index contributed by atoms with van der Waals surface area (Å²) in [6.07, 6.45) is 3.15. The Morgan fingerprint density at radius 3 is 2.59 bits per heavy atom. The van der Waals surface area contributed by atoms with E-state index in [1.54, 1.807) is 59.7 Å². The zero-order chi connectivity index (χ0) is 23.8. The Morgan fingerprint density at radius 2 is 1.88 bits per heavy atom. The number of carbonyl (C=O) groups excluding carboxylic acids is 2. The van der Waals surface area contributed by atoms with Gasteiger partial charge < -0.3 is 13.7 Å². The third kappa shape index (κ3) is 2.55. The second kappa shape index (κ2) is 7.45. The highest BCUT2D eigenvalue weighted by molar-refractivity contribution is 8.25. The fourth-order valence-electron chi connectivity index (χ4n) is 5.80. The number of likely N-dealkylation sites (tertiary alicyclic amines) is 1. The van der Waals surface area contributed by atoms with Crippen LogP contribution < -0.4 is 4.90 Å². The van der Waals surface area contributed by atoms with Gasteiger partial charge in [-0.1, -0.05) is 35.6 Å². The van der Waals surface area contributed by atoms with Crippen LogP contribution in [0.2, 0.25) is 5.02 Å². The lowest BCUT2D eigenvalue weighted by atomic mass is 9.73. The summed E-state index contributed by atoms with van der Waals surface area (Å²) in [4.78, 5) is 33.9. The Labute approximate surface area is 210 Å². The number of hydrogen-bond donors (Lipinski definition) is 0. The van der Waals surface area contributed by atoms with Gasteiger partial charge in [0, 0.05) is 29.9 Å². The van der Waals surface area contributed by atoms with Gasteiger partial charge in [0.1, 0.15) is 20.6 Å². The molecule has 2 amide bonds. The summed E-state index contributed by atoms with van der Waals surface area (Å²) in [6, 6.07) is 12.6. The van der Waals surface area contributed by atoms with Crippen molar-refractivity contribution in [1.29, 1.82) is 0 Å². The molecule has 0 saturated carbocycles. The van der Waals surface area contributed by atoms with E-state index in [4.69, 9.17) is 32.7 Å². The van der Waals surface area contributed by atoms with Crippen LogP contribution in [0.4, 0.5) is 5.69 Å². The summed E-state index contributed by atoms with van der Waals surface area (Å²) in [6.45, 7) is 0.617. The van der Waals surface area contributed by atoms with Gasteiger partial charge in [0.25, 0.3) is 5.91 Å². The lowest BCUT2D eigenvalue weighted by Gasteiger charge is -2.41. The molecule has 10 heteroatoms. The number of amides is 2. The number of halogens is 1. The van der Waals surface area contributed by atoms with Gasteiger partial charge >= 0.3 is 0 Å². The smallest absolute Gasteiger partial charge is 0.254 e. The van der Waals surface area contributed by atoms with Gasteiger partial charge in [0.05, 0.1) is 25.0 Å². The lowest BCUT2D eigenvalue weighted by Crippen LogP contribution is -2.62. The van der Waals surface area contributed by atoms with E-state index in [1.807, 2.05) is 24.1 Å². The molecule has 3 aromatic rings. The van der Waals surface area contributed by atoms with E-state index in [0.717, 1.165) is 5.69 Å². The first-order chi connectivity index (χ1) is 16.3. The molecular formula is C24H20ClN3O4S2. The molecule has 0 unspecified atom stereocenters. The van der Waals surface area contributed by atoms with Crippen molar-refractivity contribution in [3.63, 3.8) is 0 Å². The van der Waals surface area contributed by atoms with E-state index in [2.05, 4.69) is 0 Å². The summed E-state index contributed by atoms with van der Waals surface area (Å²) in [5.41, 5.74) is 0.112. The van der Waals surface area contributed by atoms with Crippen molar-refractivity contribution in [3.05, 3.63) is 77.1 Å². The molecule has 34 heavy (non-hydrogen) atoms. The first-order valence-corrected chi connectivity index (χ1v) is 12.3. The van der Waals surface area contributed by atoms with E-state index in [-0.39, 0.29) is 18.4 Å². The van der Waals surface area contributed by atoms with Crippen molar-refractivity contribution in [3.8, 4) is 0 Å². The van der Waals surface area contributed by atoms with Gasteiger partial charge in [0.15, 0.2) is 5.54 Å². The minimum absolute atomic E-state index is 0.190. The molecule has 7 nitrogen and oxygen atoms in total. The van der Waals surface area contributed by atoms with Gasteiger partial charge in [-0.25, -0.2) is 0 Å². The van der Waals surface area contributed by atoms with E-state index in [1.165, 1.54) is 11.8 Å². The normalized spacial score (nSPS) is 28.8. The predicted octanol–water partition coefficient (Wildman–Crippen LogP) is 4.23. The topological polar surface area (TPSA) is 70.1 Å². The third-order valence-electron chi connectivity index (χ3n) is 7.19. The maximum Gasteiger partial charge on any atom is 0.254 e. The van der Waals surface area contributed by atoms with E-state index in [9.17, 15) is 9.59 Å². The standard InChI is InChI=1S/C24H20ClN3O4S2/c1-26-13-17(19-6-4-10-32-19)24(21(30)28(22(33)34-24)12-15-5-3-9-31-15)23(26)16-11-14(25)7-8-18(16)27(2)20(23)29/h3-11,17H,12-13H2,1-2H3/t17-,23+,24-/m0/s1. The molecule has 0 aliphatic carbocycles. The molecule has 0 bridgehead atoms. The molecule has 0 N–H and O–H groups in total. The molecule has 2 spiro atoms. The number of furan rings is 2. The Balaban J connectivity index is 1.61. The Morgan fingerprint density at radius 1 is 1.12 bits per heavy atom. The molecule has 5 heterocycles. The summed E-state index contributed by atoms with van der Waals surface area (Å²) >= 11 is 13.5. The fourth-order valence-corrected chi connectivity index (χ4v) is 8.08. The van der Waals surface area contributed by atoms with E-state index < -0.39 is 16.2 Å². The van der Waals surface area contributed by atoms with Crippen LogP contribution in [-0.4, -0.2) is 51.3 Å². The first kappa shape index (κ1) is 21.9. The van der Waals surface area contributed by atoms with Crippen molar-refractivity contribution in [2.45, 2.75) is 22.7 Å². The molecule has 3 aliphatic rings. The van der Waals surface area contributed by atoms with Gasteiger partial charge in [0.2, 0.25) is 5.91 Å². The van der Waals surface area contributed by atoms with Crippen LogP contribution in [0, 0.1) is 0 Å². The van der Waals surface area contributed by atoms with Crippen LogP contribution in [0.15, 0.2) is 63.8 Å². The van der Waals surface area contributed by atoms with Crippen molar-refractivity contribution >= 4 is 57.4 Å². The van der Waals surface area contributed by atoms with Crippen LogP contribution in [-0.2, 0) is 21.7 Å². The number of fused-ring (bicyclic) bond motifs is 3. The second-order valence-electron chi connectivity index (χ2n) is 8.76. The van der Waals surface area contributed by atoms with E-state index >= 15 is 0 Å². The highest BCUT2D eigenvalue weighted by Gasteiger charge is 2.79. The minimum Gasteiger partial charge on any atom is -0.469 e. The van der Waals surface area contributed by atoms with Crippen LogP contribution in [0.3, 0.4) is 0 Å². The maximum absolute atomic E-state index is 14.5. The monoisotopic (exact) mass is 513 g/mol. The minimum atomic E-state index is -1.32. The summed E-state index contributed by atoms with van der Waals surface area (Å²) < 4.78 is 10.5. The highest BCUT2D eigenvalue weighted by Crippen LogP contribution is 2.66. The van der Waals surface area contributed by atoms with Crippen LogP contribution in [0.1, 0.15) is 23.0 Å². The average Bonchev–Trinajstić information content (AvgIpc) is 3.61. The molecule has 6 rings (SSSR count). The fraction of sp³-hybridized carbons (Fsp3) is 0.292. The van der Waals surface area contributed by atoms with Gasteiger partial charge in [-0.3, -0.25) is 19.4 Å². The molecule has 1 aromatic carbocycles. The van der Waals surface area contributed by atoms with Crippen molar-refractivity contribution in [1.82, 2.24) is 9.80 Å². The molecule has 2 fully saturated rings. The summed E-state index contributed by atoms with van der Waals surface area (Å²) in [7, 11) is 3.60. The Bertz CT molecular complexity index is 1330. The van der Waals surface area contributed by atoms with E-state index in [0.29, 0.717) is 33.0 Å². The van der Waals surface area contributed by atoms with Crippen molar-refractivity contribution < 1.29 is 18.4 Å². The zero-order valence-corrected chi connectivity index (χ0v) is 20.7. The quantitative estimate of drug-likeness (QED) is 0.485. The Kier molecular flexibility index (Phi) is 4.80. The number of carbonyl (C=O) groups is 2. The van der Waals surface area contributed by atoms with Crippen molar-refractivity contribution in [2.24, 2.45) is 0 Å². The number of thiocarbonyl (C=S) groups is 1. The van der Waals surface area contributed by atoms with Crippen LogP contribution >= 0.6 is 35.6 Å². The van der Waals surface area contributed by atoms with Crippen LogP contribution in [0.5, 0.6) is 0 Å². The molecule has 174 valence electrons. The number of benzene rings is 1. The predicted molar refractivity (Wildman–Crippen MR) is 133 cm³/mol. The number of rotatable bonds is 3. The summed E-state index contributed by atoms with van der Waals surface area (Å²) in [5, 5.41) is 0.497. The Hall–Kier alpha value is -2.59. The molecular weight excluding hydrogens is 494 g/mol. The van der Waals surface area contributed by atoms with Crippen molar-refractivity contribution in [2.75, 3.05) is 25.5 Å². The average molecular weight is 514 g/mol. The number of hydrogen-bond acceptors (Lipinski definition) is 7. The zero-order valence-electron chi connectivity index (χ0n) is 18.4. The van der Waals surface area contributed by atoms with Gasteiger partial charge in [-0.15, -0.1) is 0 Å². The second-order valence-corrected chi connectivity index (χ2v) is 11.1. The van der Waals surface area contributed by atoms with Gasteiger partial charge in [-0.2, -0.15) is 0 Å². The molecule has 0 radical (unpaired) electrons. The third-order valence-corrected chi connectivity index (χ3v) is 9.37. The lowest BCUT2D eigenvalue weighted by molar-refractivity contribution is -0.139. The number of likely N-dealkylation sites (N-methyl/N-ethyl adjacent to an activating group) is 2.